The molecule has 2 rings (SSSR count). The van der Waals surface area contributed by atoms with Gasteiger partial charge in [0.05, 0.1) is 6.54 Å². The molecule has 0 bridgehead atoms. The van der Waals surface area contributed by atoms with E-state index < -0.39 is 0 Å². The zero-order valence-electron chi connectivity index (χ0n) is 9.06. The minimum Gasteiger partial charge on any atom is -0.374 e. The normalized spacial score (nSPS) is 21.7. The van der Waals surface area contributed by atoms with Gasteiger partial charge < -0.3 is 5.73 Å². The van der Waals surface area contributed by atoms with Crippen LogP contribution in [0.3, 0.4) is 0 Å². The molecular weight excluding hydrogens is 228 g/mol. The smallest absolute Gasteiger partial charge is 0.203 e. The highest BCUT2D eigenvalue weighted by molar-refractivity contribution is 8.00. The van der Waals surface area contributed by atoms with Crippen molar-refractivity contribution in [3.63, 3.8) is 0 Å². The summed E-state index contributed by atoms with van der Waals surface area (Å²) < 4.78 is 0.356. The molecule has 1 aliphatic heterocycles. The number of nitrogens with zero attached hydrogens (tertiary/aromatic N) is 3. The van der Waals surface area contributed by atoms with Gasteiger partial charge in [-0.05, 0) is 13.8 Å². The van der Waals surface area contributed by atoms with Gasteiger partial charge in [-0.2, -0.15) is 11.8 Å². The van der Waals surface area contributed by atoms with Crippen LogP contribution in [-0.2, 0) is 6.54 Å². The molecule has 6 heteroatoms. The van der Waals surface area contributed by atoms with Crippen molar-refractivity contribution >= 4 is 28.2 Å². The van der Waals surface area contributed by atoms with E-state index in [-0.39, 0.29) is 0 Å². The summed E-state index contributed by atoms with van der Waals surface area (Å²) >= 11 is 3.53. The van der Waals surface area contributed by atoms with Crippen molar-refractivity contribution in [3.05, 3.63) is 5.01 Å². The van der Waals surface area contributed by atoms with Crippen molar-refractivity contribution in [1.29, 1.82) is 0 Å². The van der Waals surface area contributed by atoms with E-state index in [0.717, 1.165) is 24.6 Å². The summed E-state index contributed by atoms with van der Waals surface area (Å²) in [4.78, 5) is 2.43. The van der Waals surface area contributed by atoms with Gasteiger partial charge >= 0.3 is 0 Å². The van der Waals surface area contributed by atoms with E-state index in [0.29, 0.717) is 9.88 Å². The standard InChI is InChI=1S/C9H16N4S2/c1-9(2)6-13(3-4-14-9)5-7-11-12-8(10)15-7/h3-6H2,1-2H3,(H2,10,12). The van der Waals surface area contributed by atoms with Gasteiger partial charge in [0.25, 0.3) is 0 Å². The van der Waals surface area contributed by atoms with E-state index in [4.69, 9.17) is 5.73 Å². The molecule has 2 heterocycles. The molecule has 84 valence electrons. The maximum atomic E-state index is 5.56. The predicted molar refractivity (Wildman–Crippen MR) is 66.1 cm³/mol. The topological polar surface area (TPSA) is 55.0 Å². The van der Waals surface area contributed by atoms with Crippen LogP contribution in [-0.4, -0.2) is 38.7 Å². The first kappa shape index (κ1) is 11.2. The van der Waals surface area contributed by atoms with Crippen LogP contribution in [0, 0.1) is 0 Å². The first-order chi connectivity index (χ1) is 7.05. The lowest BCUT2D eigenvalue weighted by molar-refractivity contribution is 0.251. The lowest BCUT2D eigenvalue weighted by Crippen LogP contribution is -2.42. The SMILES string of the molecule is CC1(C)CN(Cc2nnc(N)s2)CCS1. The van der Waals surface area contributed by atoms with Gasteiger partial charge in [0.15, 0.2) is 0 Å². The van der Waals surface area contributed by atoms with Gasteiger partial charge in [-0.3, -0.25) is 4.90 Å². The van der Waals surface area contributed by atoms with Crippen molar-refractivity contribution in [2.45, 2.75) is 25.1 Å². The summed E-state index contributed by atoms with van der Waals surface area (Å²) in [5, 5.41) is 9.47. The van der Waals surface area contributed by atoms with Gasteiger partial charge in [0.2, 0.25) is 5.13 Å². The Morgan fingerprint density at radius 1 is 1.47 bits per heavy atom. The quantitative estimate of drug-likeness (QED) is 0.853. The number of thioether (sulfide) groups is 1. The summed E-state index contributed by atoms with van der Waals surface area (Å²) in [5.74, 6) is 1.20. The molecule has 0 atom stereocenters. The van der Waals surface area contributed by atoms with Crippen LogP contribution < -0.4 is 5.73 Å². The monoisotopic (exact) mass is 244 g/mol. The highest BCUT2D eigenvalue weighted by atomic mass is 32.2. The molecule has 0 radical (unpaired) electrons. The Morgan fingerprint density at radius 3 is 2.87 bits per heavy atom. The molecule has 2 N–H and O–H groups in total. The van der Waals surface area contributed by atoms with Crippen LogP contribution in [0.25, 0.3) is 0 Å². The maximum Gasteiger partial charge on any atom is 0.203 e. The number of hydrogen-bond donors (Lipinski definition) is 1. The zero-order chi connectivity index (χ0) is 10.9. The second kappa shape index (κ2) is 4.27. The summed E-state index contributed by atoms with van der Waals surface area (Å²) in [6.45, 7) is 7.71. The third-order valence-corrected chi connectivity index (χ3v) is 4.38. The van der Waals surface area contributed by atoms with Crippen LogP contribution in [0.5, 0.6) is 0 Å². The fourth-order valence-corrected chi connectivity index (χ4v) is 3.60. The number of nitrogens with two attached hydrogens (primary N) is 1. The molecule has 15 heavy (non-hydrogen) atoms. The summed E-state index contributed by atoms with van der Waals surface area (Å²) in [6.07, 6.45) is 0. The van der Waals surface area contributed by atoms with Crippen LogP contribution in [0.2, 0.25) is 0 Å². The molecule has 1 aromatic heterocycles. The highest BCUT2D eigenvalue weighted by Crippen LogP contribution is 2.30. The Kier molecular flexibility index (Phi) is 3.18. The summed E-state index contributed by atoms with van der Waals surface area (Å²) in [7, 11) is 0. The van der Waals surface area contributed by atoms with Crippen LogP contribution in [0.4, 0.5) is 5.13 Å². The summed E-state index contributed by atoms with van der Waals surface area (Å²) in [5.41, 5.74) is 5.56. The Bertz CT molecular complexity index is 337. The first-order valence-electron chi connectivity index (χ1n) is 4.99. The largest absolute Gasteiger partial charge is 0.374 e. The fourth-order valence-electron chi connectivity index (χ4n) is 1.77. The molecule has 0 aromatic carbocycles. The number of aromatic nitrogens is 2. The average Bonchev–Trinajstić information content (AvgIpc) is 2.49. The van der Waals surface area contributed by atoms with Crippen molar-refractivity contribution in [3.8, 4) is 0 Å². The Balaban J connectivity index is 1.95. The fraction of sp³-hybridized carbons (Fsp3) is 0.778. The van der Waals surface area contributed by atoms with E-state index in [9.17, 15) is 0 Å². The molecule has 1 fully saturated rings. The number of nitrogen functional groups attached to an aromatic ring is 1. The second-order valence-corrected chi connectivity index (χ2v) is 7.25. The molecule has 0 aliphatic carbocycles. The minimum atomic E-state index is 0.356. The Hall–Kier alpha value is -0.330. The highest BCUT2D eigenvalue weighted by Gasteiger charge is 2.27. The van der Waals surface area contributed by atoms with Crippen LogP contribution in [0.1, 0.15) is 18.9 Å². The van der Waals surface area contributed by atoms with Crippen molar-refractivity contribution in [1.82, 2.24) is 15.1 Å². The van der Waals surface area contributed by atoms with Crippen molar-refractivity contribution in [2.24, 2.45) is 0 Å². The van der Waals surface area contributed by atoms with E-state index in [2.05, 4.69) is 28.9 Å². The number of rotatable bonds is 2. The number of hydrogen-bond acceptors (Lipinski definition) is 6. The van der Waals surface area contributed by atoms with E-state index in [1.807, 2.05) is 11.8 Å². The molecular formula is C9H16N4S2. The van der Waals surface area contributed by atoms with E-state index in [1.165, 1.54) is 17.1 Å². The minimum absolute atomic E-state index is 0.356. The number of anilines is 1. The maximum absolute atomic E-state index is 5.56. The predicted octanol–water partition coefficient (Wildman–Crippen LogP) is 1.45. The molecule has 4 nitrogen and oxygen atoms in total. The van der Waals surface area contributed by atoms with Crippen LogP contribution in [0.15, 0.2) is 0 Å². The molecule has 0 amide bonds. The Labute approximate surface area is 98.3 Å². The summed E-state index contributed by atoms with van der Waals surface area (Å²) in [6, 6.07) is 0. The van der Waals surface area contributed by atoms with Gasteiger partial charge in [-0.25, -0.2) is 0 Å². The molecule has 1 aromatic rings. The molecule has 0 spiro atoms. The molecule has 0 unspecified atom stereocenters. The van der Waals surface area contributed by atoms with Gasteiger partial charge in [0.1, 0.15) is 5.01 Å². The third kappa shape index (κ3) is 3.06. The second-order valence-electron chi connectivity index (χ2n) is 4.35. The first-order valence-corrected chi connectivity index (χ1v) is 6.79. The van der Waals surface area contributed by atoms with Gasteiger partial charge in [-0.15, -0.1) is 10.2 Å². The van der Waals surface area contributed by atoms with Gasteiger partial charge in [-0.1, -0.05) is 11.3 Å². The molecule has 1 aliphatic rings. The van der Waals surface area contributed by atoms with Crippen molar-refractivity contribution in [2.75, 3.05) is 24.6 Å². The van der Waals surface area contributed by atoms with E-state index >= 15 is 0 Å². The Morgan fingerprint density at radius 2 is 2.27 bits per heavy atom. The molecule has 0 saturated carbocycles. The molecule has 1 saturated heterocycles. The third-order valence-electron chi connectivity index (χ3n) is 2.35. The zero-order valence-corrected chi connectivity index (χ0v) is 10.7. The lowest BCUT2D eigenvalue weighted by Gasteiger charge is -2.36. The lowest BCUT2D eigenvalue weighted by atomic mass is 10.2. The van der Waals surface area contributed by atoms with Crippen LogP contribution >= 0.6 is 23.1 Å². The average molecular weight is 244 g/mol. The van der Waals surface area contributed by atoms with E-state index in [1.54, 1.807) is 0 Å². The van der Waals surface area contributed by atoms with Crippen molar-refractivity contribution < 1.29 is 0 Å². The van der Waals surface area contributed by atoms with Gasteiger partial charge in [0, 0.05) is 23.6 Å².